The van der Waals surface area contributed by atoms with Gasteiger partial charge in [0.2, 0.25) is 5.91 Å². The molecule has 0 radical (unpaired) electrons. The van der Waals surface area contributed by atoms with Crippen molar-refractivity contribution >= 4 is 40.5 Å². The molecular weight excluding hydrogens is 311 g/mol. The number of hydrogen-bond acceptors (Lipinski definition) is 3. The second-order valence-corrected chi connectivity index (χ2v) is 5.04. The monoisotopic (exact) mass is 324 g/mol. The van der Waals surface area contributed by atoms with Gasteiger partial charge >= 0.3 is 0 Å². The Bertz CT molecular complexity index is 647. The highest BCUT2D eigenvalue weighted by molar-refractivity contribution is 6.34. The third-order valence-electron chi connectivity index (χ3n) is 2.76. The largest absolute Gasteiger partial charge is 0.497 e. The molecule has 2 aromatic rings. The molecule has 2 aromatic carbocycles. The predicted octanol–water partition coefficient (Wildman–Crippen LogP) is 4.05. The van der Waals surface area contributed by atoms with Crippen molar-refractivity contribution in [1.29, 1.82) is 0 Å². The Morgan fingerprint density at radius 1 is 1.10 bits per heavy atom. The van der Waals surface area contributed by atoms with Crippen LogP contribution in [0.5, 0.6) is 5.75 Å². The highest BCUT2D eigenvalue weighted by Crippen LogP contribution is 2.26. The fourth-order valence-electron chi connectivity index (χ4n) is 1.70. The number of nitrogens with one attached hydrogen (secondary N) is 2. The minimum Gasteiger partial charge on any atom is -0.497 e. The van der Waals surface area contributed by atoms with E-state index in [4.69, 9.17) is 27.9 Å². The molecule has 0 saturated heterocycles. The summed E-state index contributed by atoms with van der Waals surface area (Å²) in [7, 11) is 1.57. The lowest BCUT2D eigenvalue weighted by Crippen LogP contribution is -2.22. The number of ether oxygens (including phenoxy) is 1. The van der Waals surface area contributed by atoms with Gasteiger partial charge in [0.25, 0.3) is 0 Å². The van der Waals surface area contributed by atoms with E-state index in [0.29, 0.717) is 27.2 Å². The highest BCUT2D eigenvalue weighted by atomic mass is 35.5. The van der Waals surface area contributed by atoms with Gasteiger partial charge in [-0.1, -0.05) is 35.3 Å². The minimum atomic E-state index is -0.220. The smallest absolute Gasteiger partial charge is 0.243 e. The fourth-order valence-corrected chi connectivity index (χ4v) is 2.07. The molecule has 2 N–H and O–H groups in total. The number of anilines is 2. The molecule has 2 rings (SSSR count). The van der Waals surface area contributed by atoms with Crippen molar-refractivity contribution in [1.82, 2.24) is 0 Å². The minimum absolute atomic E-state index is 0.0676. The summed E-state index contributed by atoms with van der Waals surface area (Å²) < 4.78 is 5.11. The Hall–Kier alpha value is -1.91. The summed E-state index contributed by atoms with van der Waals surface area (Å²) in [6, 6.07) is 12.2. The molecule has 110 valence electrons. The van der Waals surface area contributed by atoms with Crippen molar-refractivity contribution in [3.63, 3.8) is 0 Å². The summed E-state index contributed by atoms with van der Waals surface area (Å²) in [6.07, 6.45) is 0. The van der Waals surface area contributed by atoms with E-state index in [1.54, 1.807) is 49.6 Å². The molecule has 0 aromatic heterocycles. The number of halogens is 2. The first-order valence-corrected chi connectivity index (χ1v) is 6.97. The zero-order valence-electron chi connectivity index (χ0n) is 11.3. The van der Waals surface area contributed by atoms with Gasteiger partial charge in [-0.25, -0.2) is 0 Å². The van der Waals surface area contributed by atoms with Crippen LogP contribution in [0.15, 0.2) is 42.5 Å². The summed E-state index contributed by atoms with van der Waals surface area (Å²) >= 11 is 12.0. The molecule has 4 nitrogen and oxygen atoms in total. The van der Waals surface area contributed by atoms with E-state index in [2.05, 4.69) is 10.6 Å². The quantitative estimate of drug-likeness (QED) is 0.872. The van der Waals surface area contributed by atoms with Crippen LogP contribution in [0.1, 0.15) is 0 Å². The standard InChI is InChI=1S/C15H14Cl2N2O2/c1-21-10-6-7-12(17)14(8-10)18-9-15(20)19-13-5-3-2-4-11(13)16/h2-8,18H,9H2,1H3,(H,19,20). The van der Waals surface area contributed by atoms with Gasteiger partial charge < -0.3 is 15.4 Å². The van der Waals surface area contributed by atoms with E-state index in [0.717, 1.165) is 0 Å². The van der Waals surface area contributed by atoms with Crippen molar-refractivity contribution in [2.45, 2.75) is 0 Å². The zero-order chi connectivity index (χ0) is 15.2. The van der Waals surface area contributed by atoms with Crippen LogP contribution in [-0.4, -0.2) is 19.6 Å². The van der Waals surface area contributed by atoms with Crippen molar-refractivity contribution in [3.05, 3.63) is 52.5 Å². The van der Waals surface area contributed by atoms with E-state index in [1.807, 2.05) is 0 Å². The van der Waals surface area contributed by atoms with Gasteiger partial charge in [-0.2, -0.15) is 0 Å². The topological polar surface area (TPSA) is 50.4 Å². The first-order chi connectivity index (χ1) is 10.1. The second-order valence-electron chi connectivity index (χ2n) is 4.23. The predicted molar refractivity (Wildman–Crippen MR) is 86.6 cm³/mol. The molecule has 21 heavy (non-hydrogen) atoms. The van der Waals surface area contributed by atoms with Gasteiger partial charge in [0.1, 0.15) is 5.75 Å². The molecule has 0 spiro atoms. The number of para-hydroxylation sites is 1. The SMILES string of the molecule is COc1ccc(Cl)c(NCC(=O)Nc2ccccc2Cl)c1. The molecule has 0 atom stereocenters. The Balaban J connectivity index is 1.97. The second kappa shape index (κ2) is 7.20. The van der Waals surface area contributed by atoms with Crippen LogP contribution >= 0.6 is 23.2 Å². The van der Waals surface area contributed by atoms with Crippen LogP contribution in [0.4, 0.5) is 11.4 Å². The van der Waals surface area contributed by atoms with Crippen LogP contribution in [-0.2, 0) is 4.79 Å². The summed E-state index contributed by atoms with van der Waals surface area (Å²) in [5.74, 6) is 0.440. The van der Waals surface area contributed by atoms with Crippen LogP contribution in [0.25, 0.3) is 0 Å². The van der Waals surface area contributed by atoms with E-state index in [-0.39, 0.29) is 12.5 Å². The number of methoxy groups -OCH3 is 1. The Morgan fingerprint density at radius 3 is 2.52 bits per heavy atom. The highest BCUT2D eigenvalue weighted by Gasteiger charge is 2.07. The molecule has 1 amide bonds. The molecule has 6 heteroatoms. The summed E-state index contributed by atoms with van der Waals surface area (Å²) in [5.41, 5.74) is 1.20. The molecule has 0 bridgehead atoms. The molecule has 0 aliphatic carbocycles. The molecule has 0 unspecified atom stereocenters. The third-order valence-corrected chi connectivity index (χ3v) is 3.42. The van der Waals surface area contributed by atoms with Gasteiger partial charge in [-0.15, -0.1) is 0 Å². The summed E-state index contributed by atoms with van der Waals surface area (Å²) in [4.78, 5) is 11.9. The number of benzene rings is 2. The molecule has 0 aliphatic heterocycles. The molecule has 0 aliphatic rings. The van der Waals surface area contributed by atoms with Crippen molar-refractivity contribution in [2.75, 3.05) is 24.3 Å². The maximum Gasteiger partial charge on any atom is 0.243 e. The number of carbonyl (C=O) groups is 1. The molecular formula is C15H14Cl2N2O2. The normalized spacial score (nSPS) is 10.0. The van der Waals surface area contributed by atoms with Crippen molar-refractivity contribution in [3.8, 4) is 5.75 Å². The maximum absolute atomic E-state index is 11.9. The van der Waals surface area contributed by atoms with E-state index < -0.39 is 0 Å². The van der Waals surface area contributed by atoms with Gasteiger partial charge in [-0.3, -0.25) is 4.79 Å². The Morgan fingerprint density at radius 2 is 1.81 bits per heavy atom. The zero-order valence-corrected chi connectivity index (χ0v) is 12.8. The third kappa shape index (κ3) is 4.28. The summed E-state index contributed by atoms with van der Waals surface area (Å²) in [6.45, 7) is 0.0676. The van der Waals surface area contributed by atoms with E-state index >= 15 is 0 Å². The van der Waals surface area contributed by atoms with Gasteiger partial charge in [0.15, 0.2) is 0 Å². The van der Waals surface area contributed by atoms with Crippen LogP contribution in [0, 0.1) is 0 Å². The molecule has 0 heterocycles. The van der Waals surface area contributed by atoms with Gasteiger partial charge in [-0.05, 0) is 24.3 Å². The first-order valence-electron chi connectivity index (χ1n) is 6.22. The fraction of sp³-hybridized carbons (Fsp3) is 0.133. The van der Waals surface area contributed by atoms with Crippen molar-refractivity contribution in [2.24, 2.45) is 0 Å². The van der Waals surface area contributed by atoms with Gasteiger partial charge in [0, 0.05) is 6.07 Å². The average molecular weight is 325 g/mol. The molecule has 0 fully saturated rings. The lowest BCUT2D eigenvalue weighted by atomic mass is 10.3. The Labute approximate surface area is 133 Å². The lowest BCUT2D eigenvalue weighted by molar-refractivity contribution is -0.114. The lowest BCUT2D eigenvalue weighted by Gasteiger charge is -2.11. The van der Waals surface area contributed by atoms with Crippen LogP contribution < -0.4 is 15.4 Å². The van der Waals surface area contributed by atoms with Crippen LogP contribution in [0.3, 0.4) is 0 Å². The van der Waals surface area contributed by atoms with Crippen LogP contribution in [0.2, 0.25) is 10.0 Å². The first kappa shape index (κ1) is 15.5. The van der Waals surface area contributed by atoms with Crippen molar-refractivity contribution < 1.29 is 9.53 Å². The number of hydrogen-bond donors (Lipinski definition) is 2. The Kier molecular flexibility index (Phi) is 5.31. The maximum atomic E-state index is 11.9. The summed E-state index contributed by atoms with van der Waals surface area (Å²) in [5, 5.41) is 6.69. The number of carbonyl (C=O) groups excluding carboxylic acids is 1. The average Bonchev–Trinajstić information content (AvgIpc) is 2.49. The number of amides is 1. The molecule has 0 saturated carbocycles. The van der Waals surface area contributed by atoms with E-state index in [9.17, 15) is 4.79 Å². The van der Waals surface area contributed by atoms with Gasteiger partial charge in [0.05, 0.1) is 35.1 Å². The van der Waals surface area contributed by atoms with E-state index in [1.165, 1.54) is 0 Å². The number of rotatable bonds is 5.